The van der Waals surface area contributed by atoms with E-state index in [4.69, 9.17) is 4.74 Å². The minimum absolute atomic E-state index is 0.000995. The zero-order valence-corrected chi connectivity index (χ0v) is 45.9. The number of carbonyl (C=O) groups excluding carboxylic acids is 2. The molecule has 0 bridgehead atoms. The molecule has 0 aliphatic rings. The summed E-state index contributed by atoms with van der Waals surface area (Å²) in [6, 6.07) is -0.631. The van der Waals surface area contributed by atoms with Gasteiger partial charge in [0.1, 0.15) is 0 Å². The van der Waals surface area contributed by atoms with E-state index >= 15 is 0 Å². The van der Waals surface area contributed by atoms with E-state index in [1.807, 2.05) is 6.08 Å². The van der Waals surface area contributed by atoms with Gasteiger partial charge in [-0.25, -0.2) is 0 Å². The molecular weight excluding hydrogens is 839 g/mol. The van der Waals surface area contributed by atoms with Crippen LogP contribution in [0.3, 0.4) is 0 Å². The summed E-state index contributed by atoms with van der Waals surface area (Å²) in [6.45, 7) is 4.91. The van der Waals surface area contributed by atoms with Gasteiger partial charge in [-0.05, 0) is 57.8 Å². The second-order valence-corrected chi connectivity index (χ2v) is 21.0. The van der Waals surface area contributed by atoms with Crippen LogP contribution in [0.4, 0.5) is 0 Å². The van der Waals surface area contributed by atoms with Gasteiger partial charge in [-0.1, -0.05) is 289 Å². The number of aliphatic hydroxyl groups is 2. The Hall–Kier alpha value is -1.66. The fourth-order valence-electron chi connectivity index (χ4n) is 9.51. The average Bonchev–Trinajstić information content (AvgIpc) is 3.34. The first kappa shape index (κ1) is 66.3. The fraction of sp³-hybridized carbons (Fsp3) is 0.903. The Kier molecular flexibility index (Phi) is 56.5. The molecule has 1 amide bonds. The minimum Gasteiger partial charge on any atom is -0.466 e. The van der Waals surface area contributed by atoms with Crippen LogP contribution in [0.5, 0.6) is 0 Å². The molecular formula is C62H119NO5. The van der Waals surface area contributed by atoms with Crippen LogP contribution in [0, 0.1) is 0 Å². The Bertz CT molecular complexity index is 1060. The van der Waals surface area contributed by atoms with Gasteiger partial charge in [-0.2, -0.15) is 0 Å². The van der Waals surface area contributed by atoms with Crippen molar-refractivity contribution in [1.82, 2.24) is 5.32 Å². The van der Waals surface area contributed by atoms with Crippen LogP contribution in [0.2, 0.25) is 0 Å². The van der Waals surface area contributed by atoms with Gasteiger partial charge in [0.15, 0.2) is 0 Å². The van der Waals surface area contributed by atoms with E-state index in [2.05, 4.69) is 31.3 Å². The Morgan fingerprint density at radius 2 is 0.691 bits per heavy atom. The number of hydrogen-bond donors (Lipinski definition) is 3. The molecule has 0 spiro atoms. The van der Waals surface area contributed by atoms with Crippen molar-refractivity contribution in [3.05, 3.63) is 24.3 Å². The maximum absolute atomic E-state index is 12.5. The summed E-state index contributed by atoms with van der Waals surface area (Å²) in [4.78, 5) is 24.5. The van der Waals surface area contributed by atoms with E-state index in [9.17, 15) is 19.8 Å². The molecule has 0 heterocycles. The van der Waals surface area contributed by atoms with Gasteiger partial charge in [0.25, 0.3) is 0 Å². The number of rotatable bonds is 57. The highest BCUT2D eigenvalue weighted by Gasteiger charge is 2.18. The SMILES string of the molecule is CCCCCCCC/C=C\CCCCCCCC(=O)OCCCCCCCCCCCCCCCCCCCCC(=O)NC(CO)C(O)/C=C/CCCCCCCCCCCCCCCCCC. The van der Waals surface area contributed by atoms with Crippen LogP contribution in [-0.2, 0) is 14.3 Å². The first-order valence-electron chi connectivity index (χ1n) is 30.6. The molecule has 0 saturated carbocycles. The van der Waals surface area contributed by atoms with Crippen molar-refractivity contribution >= 4 is 11.9 Å². The fourth-order valence-corrected chi connectivity index (χ4v) is 9.51. The highest BCUT2D eigenvalue weighted by atomic mass is 16.5. The van der Waals surface area contributed by atoms with Crippen molar-refractivity contribution in [3.63, 3.8) is 0 Å². The maximum atomic E-state index is 12.5. The summed E-state index contributed by atoms with van der Waals surface area (Å²) in [5.74, 6) is -0.0707. The van der Waals surface area contributed by atoms with Gasteiger partial charge in [0.2, 0.25) is 5.91 Å². The van der Waals surface area contributed by atoms with Crippen LogP contribution in [0.25, 0.3) is 0 Å². The van der Waals surface area contributed by atoms with E-state index in [1.165, 1.54) is 263 Å². The van der Waals surface area contributed by atoms with E-state index < -0.39 is 12.1 Å². The molecule has 0 rings (SSSR count). The molecule has 0 radical (unpaired) electrons. The zero-order valence-electron chi connectivity index (χ0n) is 45.9. The van der Waals surface area contributed by atoms with Crippen molar-refractivity contribution in [2.45, 2.75) is 347 Å². The molecule has 68 heavy (non-hydrogen) atoms. The van der Waals surface area contributed by atoms with Gasteiger partial charge < -0.3 is 20.3 Å². The topological polar surface area (TPSA) is 95.9 Å². The molecule has 2 atom stereocenters. The Morgan fingerprint density at radius 3 is 1.04 bits per heavy atom. The van der Waals surface area contributed by atoms with Crippen LogP contribution in [0.15, 0.2) is 24.3 Å². The van der Waals surface area contributed by atoms with E-state index in [0.717, 1.165) is 44.9 Å². The first-order chi connectivity index (χ1) is 33.5. The molecule has 0 aromatic rings. The number of hydrogen-bond acceptors (Lipinski definition) is 5. The maximum Gasteiger partial charge on any atom is 0.305 e. The van der Waals surface area contributed by atoms with Crippen molar-refractivity contribution in [2.24, 2.45) is 0 Å². The molecule has 6 heteroatoms. The molecule has 3 N–H and O–H groups in total. The minimum atomic E-state index is -0.847. The lowest BCUT2D eigenvalue weighted by molar-refractivity contribution is -0.143. The summed E-state index contributed by atoms with van der Waals surface area (Å²) in [7, 11) is 0. The third-order valence-corrected chi connectivity index (χ3v) is 14.2. The predicted octanol–water partition coefficient (Wildman–Crippen LogP) is 19.0. The number of aliphatic hydroxyl groups excluding tert-OH is 2. The summed E-state index contributed by atoms with van der Waals surface area (Å²) in [5, 5.41) is 23.2. The summed E-state index contributed by atoms with van der Waals surface area (Å²) in [6.07, 6.45) is 70.6. The number of unbranched alkanes of at least 4 members (excludes halogenated alkanes) is 44. The third kappa shape index (κ3) is 53.7. The molecule has 0 fully saturated rings. The number of nitrogens with one attached hydrogen (secondary N) is 1. The number of carbonyl (C=O) groups is 2. The van der Waals surface area contributed by atoms with E-state index in [1.54, 1.807) is 6.08 Å². The Labute approximate surface area is 424 Å². The average molecular weight is 959 g/mol. The van der Waals surface area contributed by atoms with Crippen LogP contribution in [0.1, 0.15) is 335 Å². The number of esters is 1. The number of ether oxygens (including phenoxy) is 1. The summed E-state index contributed by atoms with van der Waals surface area (Å²) in [5.41, 5.74) is 0. The smallest absolute Gasteiger partial charge is 0.305 e. The second-order valence-electron chi connectivity index (χ2n) is 21.0. The lowest BCUT2D eigenvalue weighted by atomic mass is 10.0. The molecule has 6 nitrogen and oxygen atoms in total. The summed E-state index contributed by atoms with van der Waals surface area (Å²) >= 11 is 0. The van der Waals surface area contributed by atoms with Crippen molar-refractivity contribution in [3.8, 4) is 0 Å². The molecule has 402 valence electrons. The largest absolute Gasteiger partial charge is 0.466 e. The second kappa shape index (κ2) is 57.9. The van der Waals surface area contributed by atoms with E-state index in [0.29, 0.717) is 19.4 Å². The first-order valence-corrected chi connectivity index (χ1v) is 30.6. The standard InChI is InChI=1S/C62H119NO5/c1-3-5-7-9-11-13-15-17-19-20-23-27-30-34-38-42-46-50-54-60(65)59(58-64)63-61(66)55-51-47-43-39-35-31-28-24-21-22-25-29-33-37-41-45-49-53-57-68-62(67)56-52-48-44-40-36-32-26-18-16-14-12-10-8-6-4-2/h18,26,50,54,59-60,64-65H,3-17,19-25,27-49,51-53,55-58H2,1-2H3,(H,63,66)/b26-18-,54-50+. The number of allylic oxidation sites excluding steroid dienone is 3. The summed E-state index contributed by atoms with van der Waals surface area (Å²) < 4.78 is 5.48. The number of amides is 1. The molecule has 0 saturated heterocycles. The molecule has 0 aromatic carbocycles. The van der Waals surface area contributed by atoms with E-state index in [-0.39, 0.29) is 18.5 Å². The van der Waals surface area contributed by atoms with Gasteiger partial charge in [0, 0.05) is 12.8 Å². The van der Waals surface area contributed by atoms with Crippen LogP contribution < -0.4 is 5.32 Å². The lowest BCUT2D eigenvalue weighted by Crippen LogP contribution is -2.45. The third-order valence-electron chi connectivity index (χ3n) is 14.2. The zero-order chi connectivity index (χ0) is 49.3. The monoisotopic (exact) mass is 958 g/mol. The van der Waals surface area contributed by atoms with Gasteiger partial charge in [0.05, 0.1) is 25.4 Å². The van der Waals surface area contributed by atoms with Crippen LogP contribution in [-0.4, -0.2) is 47.4 Å². The quantitative estimate of drug-likeness (QED) is 0.0321. The molecule has 0 aliphatic carbocycles. The Morgan fingerprint density at radius 1 is 0.397 bits per heavy atom. The van der Waals surface area contributed by atoms with Gasteiger partial charge in [-0.15, -0.1) is 0 Å². The predicted molar refractivity (Wildman–Crippen MR) is 296 cm³/mol. The van der Waals surface area contributed by atoms with Crippen molar-refractivity contribution in [1.29, 1.82) is 0 Å². The van der Waals surface area contributed by atoms with Gasteiger partial charge >= 0.3 is 5.97 Å². The van der Waals surface area contributed by atoms with Crippen molar-refractivity contribution in [2.75, 3.05) is 13.2 Å². The molecule has 0 aliphatic heterocycles. The highest BCUT2D eigenvalue weighted by molar-refractivity contribution is 5.76. The van der Waals surface area contributed by atoms with Gasteiger partial charge in [-0.3, -0.25) is 9.59 Å². The molecule has 2 unspecified atom stereocenters. The lowest BCUT2D eigenvalue weighted by Gasteiger charge is -2.20. The van der Waals surface area contributed by atoms with Crippen molar-refractivity contribution < 1.29 is 24.5 Å². The van der Waals surface area contributed by atoms with Crippen LogP contribution >= 0.6 is 0 Å². The normalized spacial score (nSPS) is 12.7. The molecule has 0 aromatic heterocycles. The highest BCUT2D eigenvalue weighted by Crippen LogP contribution is 2.17. The Balaban J connectivity index is 3.44.